The van der Waals surface area contributed by atoms with Gasteiger partial charge in [-0.3, -0.25) is 4.79 Å². The van der Waals surface area contributed by atoms with Crippen molar-refractivity contribution in [2.45, 2.75) is 110 Å². The van der Waals surface area contributed by atoms with Gasteiger partial charge in [-0.1, -0.05) is 91.4 Å². The van der Waals surface area contributed by atoms with Crippen LogP contribution in [0.4, 0.5) is 0 Å². The zero-order chi connectivity index (χ0) is 19.7. The van der Waals surface area contributed by atoms with Crippen LogP contribution in [0.25, 0.3) is 0 Å². The lowest BCUT2D eigenvalue weighted by Gasteiger charge is -2.28. The second kappa shape index (κ2) is 16.4. The zero-order valence-corrected chi connectivity index (χ0v) is 18.2. The van der Waals surface area contributed by atoms with Crippen LogP contribution in [0.5, 0.6) is 0 Å². The van der Waals surface area contributed by atoms with E-state index in [2.05, 4.69) is 20.8 Å². The van der Waals surface area contributed by atoms with Crippen molar-refractivity contribution in [2.24, 2.45) is 11.8 Å². The molecule has 0 radical (unpaired) electrons. The summed E-state index contributed by atoms with van der Waals surface area (Å²) in [7, 11) is 0. The largest absolute Gasteiger partial charge is 0.457 e. The van der Waals surface area contributed by atoms with Crippen molar-refractivity contribution >= 4 is 5.97 Å². The summed E-state index contributed by atoms with van der Waals surface area (Å²) in [4.78, 5) is 12.9. The SMILES string of the molecule is CCCCCCCCCCC(C(=O)OC1COCOC1)C(CC)CCCC. The van der Waals surface area contributed by atoms with Crippen LogP contribution in [-0.4, -0.2) is 32.1 Å². The van der Waals surface area contributed by atoms with Crippen molar-refractivity contribution < 1.29 is 19.0 Å². The lowest BCUT2D eigenvalue weighted by Crippen LogP contribution is -2.37. The number of unbranched alkanes of at least 4 members (excludes halogenated alkanes) is 8. The first-order valence-electron chi connectivity index (χ1n) is 11.6. The summed E-state index contributed by atoms with van der Waals surface area (Å²) in [5.74, 6) is 0.441. The zero-order valence-electron chi connectivity index (χ0n) is 18.2. The summed E-state index contributed by atoms with van der Waals surface area (Å²) in [5.41, 5.74) is 0. The average Bonchev–Trinajstić information content (AvgIpc) is 2.69. The molecule has 1 aliphatic heterocycles. The smallest absolute Gasteiger partial charge is 0.309 e. The van der Waals surface area contributed by atoms with E-state index in [4.69, 9.17) is 14.2 Å². The Labute approximate surface area is 167 Å². The van der Waals surface area contributed by atoms with Crippen LogP contribution in [0.1, 0.15) is 104 Å². The van der Waals surface area contributed by atoms with Crippen LogP contribution >= 0.6 is 0 Å². The Morgan fingerprint density at radius 2 is 1.44 bits per heavy atom. The van der Waals surface area contributed by atoms with E-state index in [1.165, 1.54) is 57.8 Å². The molecular weight excluding hydrogens is 340 g/mol. The summed E-state index contributed by atoms with van der Waals surface area (Å²) in [6, 6.07) is 0. The van der Waals surface area contributed by atoms with Crippen LogP contribution in [0.15, 0.2) is 0 Å². The monoisotopic (exact) mass is 384 g/mol. The lowest BCUT2D eigenvalue weighted by atomic mass is 9.82. The Morgan fingerprint density at radius 1 is 0.852 bits per heavy atom. The van der Waals surface area contributed by atoms with E-state index in [-0.39, 0.29) is 18.0 Å². The van der Waals surface area contributed by atoms with Crippen molar-refractivity contribution in [3.8, 4) is 0 Å². The molecule has 0 aliphatic carbocycles. The highest BCUT2D eigenvalue weighted by atomic mass is 16.7. The molecule has 1 fully saturated rings. The molecule has 1 saturated heterocycles. The second-order valence-corrected chi connectivity index (χ2v) is 8.10. The molecule has 4 nitrogen and oxygen atoms in total. The summed E-state index contributed by atoms with van der Waals surface area (Å²) in [6.45, 7) is 7.91. The third kappa shape index (κ3) is 11.1. The minimum Gasteiger partial charge on any atom is -0.457 e. The Morgan fingerprint density at radius 3 is 2.04 bits per heavy atom. The fourth-order valence-corrected chi connectivity index (χ4v) is 3.99. The Kier molecular flexibility index (Phi) is 14.8. The first-order valence-corrected chi connectivity index (χ1v) is 11.6. The molecule has 0 spiro atoms. The van der Waals surface area contributed by atoms with Crippen LogP contribution in [0, 0.1) is 11.8 Å². The third-order valence-corrected chi connectivity index (χ3v) is 5.75. The highest BCUT2D eigenvalue weighted by Gasteiger charge is 2.30. The lowest BCUT2D eigenvalue weighted by molar-refractivity contribution is -0.188. The number of rotatable bonds is 16. The standard InChI is InChI=1S/C23H44O4/c1-4-7-9-10-11-12-13-14-16-22(20(6-3)15-8-5-2)23(24)27-21-17-25-19-26-18-21/h20-22H,4-19H2,1-3H3. The van der Waals surface area contributed by atoms with Gasteiger partial charge in [0.1, 0.15) is 12.9 Å². The number of ether oxygens (including phenoxy) is 3. The molecule has 1 heterocycles. The van der Waals surface area contributed by atoms with Crippen LogP contribution in [0.3, 0.4) is 0 Å². The molecule has 2 unspecified atom stereocenters. The van der Waals surface area contributed by atoms with Gasteiger partial charge < -0.3 is 14.2 Å². The maximum absolute atomic E-state index is 12.9. The highest BCUT2D eigenvalue weighted by molar-refractivity contribution is 5.73. The fraction of sp³-hybridized carbons (Fsp3) is 0.957. The first-order chi connectivity index (χ1) is 13.2. The molecule has 0 N–H and O–H groups in total. The van der Waals surface area contributed by atoms with Crippen LogP contribution in [0.2, 0.25) is 0 Å². The number of carbonyl (C=O) groups is 1. The molecule has 0 aromatic rings. The molecule has 0 bridgehead atoms. The van der Waals surface area contributed by atoms with E-state index >= 15 is 0 Å². The Bertz CT molecular complexity index is 352. The molecule has 0 amide bonds. The number of hydrogen-bond acceptors (Lipinski definition) is 4. The Hall–Kier alpha value is -0.610. The topological polar surface area (TPSA) is 44.8 Å². The molecule has 160 valence electrons. The van der Waals surface area contributed by atoms with Gasteiger partial charge >= 0.3 is 5.97 Å². The summed E-state index contributed by atoms with van der Waals surface area (Å²) in [6.07, 6.45) is 15.6. The number of esters is 1. The first kappa shape index (κ1) is 24.4. The predicted octanol–water partition coefficient (Wildman–Crippen LogP) is 6.27. The normalized spacial score (nSPS) is 17.6. The van der Waals surface area contributed by atoms with Crippen molar-refractivity contribution in [1.82, 2.24) is 0 Å². The molecule has 0 saturated carbocycles. The molecule has 1 aliphatic rings. The maximum atomic E-state index is 12.9. The van der Waals surface area contributed by atoms with E-state index in [1.54, 1.807) is 0 Å². The van der Waals surface area contributed by atoms with E-state index < -0.39 is 0 Å². The molecule has 0 aromatic carbocycles. The minimum atomic E-state index is -0.240. The van der Waals surface area contributed by atoms with E-state index in [1.807, 2.05) is 0 Å². The molecule has 4 heteroatoms. The van der Waals surface area contributed by atoms with Gasteiger partial charge in [-0.15, -0.1) is 0 Å². The van der Waals surface area contributed by atoms with Crippen molar-refractivity contribution in [3.63, 3.8) is 0 Å². The Balaban J connectivity index is 2.42. The summed E-state index contributed by atoms with van der Waals surface area (Å²) >= 11 is 0. The maximum Gasteiger partial charge on any atom is 0.309 e. The third-order valence-electron chi connectivity index (χ3n) is 5.75. The summed E-state index contributed by atoms with van der Waals surface area (Å²) < 4.78 is 16.3. The average molecular weight is 385 g/mol. The van der Waals surface area contributed by atoms with Crippen molar-refractivity contribution in [1.29, 1.82) is 0 Å². The van der Waals surface area contributed by atoms with Crippen molar-refractivity contribution in [2.75, 3.05) is 20.0 Å². The molecule has 1 rings (SSSR count). The van der Waals surface area contributed by atoms with E-state index in [9.17, 15) is 4.79 Å². The number of hydrogen-bond donors (Lipinski definition) is 0. The molecule has 2 atom stereocenters. The van der Waals surface area contributed by atoms with Gasteiger partial charge in [0.05, 0.1) is 19.1 Å². The van der Waals surface area contributed by atoms with Crippen LogP contribution in [-0.2, 0) is 19.0 Å². The summed E-state index contributed by atoms with van der Waals surface area (Å²) in [5, 5.41) is 0. The van der Waals surface area contributed by atoms with Crippen LogP contribution < -0.4 is 0 Å². The fourth-order valence-electron chi connectivity index (χ4n) is 3.99. The molecule has 0 aromatic heterocycles. The van der Waals surface area contributed by atoms with Gasteiger partial charge in [0, 0.05) is 0 Å². The van der Waals surface area contributed by atoms with E-state index in [0.29, 0.717) is 25.9 Å². The van der Waals surface area contributed by atoms with Gasteiger partial charge in [0.25, 0.3) is 0 Å². The predicted molar refractivity (Wildman–Crippen MR) is 111 cm³/mol. The van der Waals surface area contributed by atoms with Gasteiger partial charge in [-0.05, 0) is 18.8 Å². The minimum absolute atomic E-state index is 0.0278. The van der Waals surface area contributed by atoms with Crippen molar-refractivity contribution in [3.05, 3.63) is 0 Å². The van der Waals surface area contributed by atoms with E-state index in [0.717, 1.165) is 25.7 Å². The van der Waals surface area contributed by atoms with Gasteiger partial charge in [-0.25, -0.2) is 0 Å². The highest BCUT2D eigenvalue weighted by Crippen LogP contribution is 2.29. The van der Waals surface area contributed by atoms with Gasteiger partial charge in [0.2, 0.25) is 0 Å². The molecular formula is C23H44O4. The second-order valence-electron chi connectivity index (χ2n) is 8.10. The quantitative estimate of drug-likeness (QED) is 0.232. The number of carbonyl (C=O) groups excluding carboxylic acids is 1. The van der Waals surface area contributed by atoms with Gasteiger partial charge in [0.15, 0.2) is 0 Å². The molecule has 27 heavy (non-hydrogen) atoms. The van der Waals surface area contributed by atoms with Gasteiger partial charge in [-0.2, -0.15) is 0 Å².